The molecule has 1 rings (SSSR count). The van der Waals surface area contributed by atoms with Crippen molar-refractivity contribution in [3.05, 3.63) is 11.6 Å². The molecular formula is C4H4N2S. The summed E-state index contributed by atoms with van der Waals surface area (Å²) < 4.78 is 3.83. The highest BCUT2D eigenvalue weighted by Crippen LogP contribution is 2.02. The minimum atomic E-state index is 1.38. The zero-order chi connectivity index (χ0) is 4.95. The first-order valence-electron chi connectivity index (χ1n) is 1.86. The predicted octanol–water partition coefficient (Wildman–Crippen LogP) is 1.26. The third-order valence-electron chi connectivity index (χ3n) is 0.482. The molecule has 1 aliphatic heterocycles. The molecule has 0 bridgehead atoms. The number of nitrogens with zero attached hydrogens (tertiary/aromatic N) is 2. The van der Waals surface area contributed by atoms with E-state index in [1.165, 1.54) is 11.9 Å². The van der Waals surface area contributed by atoms with E-state index < -0.39 is 0 Å². The molecule has 0 amide bonds. The Hall–Kier alpha value is -0.570. The molecule has 36 valence electrons. The van der Waals surface area contributed by atoms with Gasteiger partial charge in [-0.3, -0.25) is 4.99 Å². The molecule has 1 aliphatic rings. The number of hydrogen-bond acceptors (Lipinski definition) is 3. The second-order valence-corrected chi connectivity index (χ2v) is 1.64. The van der Waals surface area contributed by atoms with E-state index in [1.807, 2.05) is 5.41 Å². The molecule has 0 aromatic heterocycles. The summed E-state index contributed by atoms with van der Waals surface area (Å²) >= 11 is 1.38. The molecule has 2 nitrogen and oxygen atoms in total. The van der Waals surface area contributed by atoms with E-state index in [9.17, 15) is 0 Å². The molecule has 0 saturated heterocycles. The summed E-state index contributed by atoms with van der Waals surface area (Å²) in [6, 6.07) is 0. The van der Waals surface area contributed by atoms with Gasteiger partial charge in [0.2, 0.25) is 0 Å². The smallest absolute Gasteiger partial charge is 0.0538 e. The lowest BCUT2D eigenvalue weighted by Crippen LogP contribution is -1.65. The zero-order valence-corrected chi connectivity index (χ0v) is 4.43. The fraction of sp³-hybridized carbons (Fsp3) is 0. The number of hydrogen-bond donors (Lipinski definition) is 0. The van der Waals surface area contributed by atoms with Crippen molar-refractivity contribution in [3.63, 3.8) is 0 Å². The second-order valence-electron chi connectivity index (χ2n) is 0.943. The van der Waals surface area contributed by atoms with Crippen molar-refractivity contribution in [2.24, 2.45) is 9.39 Å². The van der Waals surface area contributed by atoms with Crippen LogP contribution < -0.4 is 0 Å². The van der Waals surface area contributed by atoms with Gasteiger partial charge in [0.25, 0.3) is 0 Å². The molecule has 3 heteroatoms. The van der Waals surface area contributed by atoms with Gasteiger partial charge >= 0.3 is 0 Å². The van der Waals surface area contributed by atoms with Crippen LogP contribution >= 0.6 is 11.9 Å². The quantitative estimate of drug-likeness (QED) is 0.433. The summed E-state index contributed by atoms with van der Waals surface area (Å²) in [6.07, 6.45) is 5.01. The van der Waals surface area contributed by atoms with E-state index in [-0.39, 0.29) is 0 Å². The summed E-state index contributed by atoms with van der Waals surface area (Å²) in [5.74, 6) is 0. The minimum absolute atomic E-state index is 1.38. The molecule has 0 aromatic carbocycles. The highest BCUT2D eigenvalue weighted by Gasteiger charge is 1.72. The first kappa shape index (κ1) is 4.59. The Bertz CT molecular complexity index is 112. The molecule has 0 saturated carbocycles. The maximum Gasteiger partial charge on any atom is 0.0538 e. The van der Waals surface area contributed by atoms with Crippen LogP contribution in [0.1, 0.15) is 0 Å². The van der Waals surface area contributed by atoms with Crippen LogP contribution in [0.15, 0.2) is 21.0 Å². The summed E-state index contributed by atoms with van der Waals surface area (Å²) in [5.41, 5.74) is 0. The summed E-state index contributed by atoms with van der Waals surface area (Å²) in [4.78, 5) is 3.80. The van der Waals surface area contributed by atoms with Crippen molar-refractivity contribution >= 4 is 24.4 Å². The van der Waals surface area contributed by atoms with Crippen LogP contribution in [0.25, 0.3) is 0 Å². The topological polar surface area (TPSA) is 24.7 Å². The van der Waals surface area contributed by atoms with Crippen LogP contribution in [0.4, 0.5) is 0 Å². The van der Waals surface area contributed by atoms with Gasteiger partial charge in [-0.1, -0.05) is 0 Å². The van der Waals surface area contributed by atoms with Gasteiger partial charge in [-0.15, -0.1) is 0 Å². The Balaban J connectivity index is 2.60. The highest BCUT2D eigenvalue weighted by atomic mass is 32.2. The average Bonchev–Trinajstić information content (AvgIpc) is 1.90. The van der Waals surface area contributed by atoms with E-state index >= 15 is 0 Å². The van der Waals surface area contributed by atoms with Gasteiger partial charge < -0.3 is 0 Å². The van der Waals surface area contributed by atoms with Crippen molar-refractivity contribution in [2.75, 3.05) is 0 Å². The molecule has 0 aromatic rings. The second kappa shape index (κ2) is 2.58. The molecule has 1 heterocycles. The van der Waals surface area contributed by atoms with Gasteiger partial charge in [0.05, 0.1) is 6.21 Å². The predicted molar refractivity (Wildman–Crippen MR) is 33.7 cm³/mol. The Labute approximate surface area is 46.2 Å². The maximum absolute atomic E-state index is 3.83. The van der Waals surface area contributed by atoms with E-state index in [0.29, 0.717) is 0 Å². The van der Waals surface area contributed by atoms with Crippen LogP contribution in [0.3, 0.4) is 0 Å². The van der Waals surface area contributed by atoms with Crippen molar-refractivity contribution in [3.8, 4) is 0 Å². The lowest BCUT2D eigenvalue weighted by molar-refractivity contribution is 1.64. The van der Waals surface area contributed by atoms with Crippen molar-refractivity contribution < 1.29 is 0 Å². The molecule has 7 heavy (non-hydrogen) atoms. The summed E-state index contributed by atoms with van der Waals surface area (Å²) in [5, 5.41) is 1.82. The van der Waals surface area contributed by atoms with Crippen LogP contribution in [-0.2, 0) is 0 Å². The van der Waals surface area contributed by atoms with Crippen LogP contribution in [-0.4, -0.2) is 12.4 Å². The van der Waals surface area contributed by atoms with E-state index in [0.717, 1.165) is 0 Å². The van der Waals surface area contributed by atoms with Crippen molar-refractivity contribution in [2.45, 2.75) is 0 Å². The van der Waals surface area contributed by atoms with Gasteiger partial charge in [0.1, 0.15) is 0 Å². The van der Waals surface area contributed by atoms with E-state index in [1.54, 1.807) is 18.6 Å². The van der Waals surface area contributed by atoms with Gasteiger partial charge in [0, 0.05) is 29.8 Å². The summed E-state index contributed by atoms with van der Waals surface area (Å²) in [7, 11) is 0. The van der Waals surface area contributed by atoms with E-state index in [4.69, 9.17) is 0 Å². The Kier molecular flexibility index (Phi) is 1.69. The molecule has 0 N–H and O–H groups in total. The fourth-order valence-electron chi connectivity index (χ4n) is 0.248. The minimum Gasteiger partial charge on any atom is -0.262 e. The normalized spacial score (nSPS) is 17.1. The Morgan fingerprint density at radius 2 is 2.29 bits per heavy atom. The molecule has 0 atom stereocenters. The SMILES string of the molecule is C1=CSN=CC=N1. The van der Waals surface area contributed by atoms with Gasteiger partial charge in [-0.25, -0.2) is 4.40 Å². The van der Waals surface area contributed by atoms with Gasteiger partial charge in [-0.05, 0) is 0 Å². The lowest BCUT2D eigenvalue weighted by Gasteiger charge is -1.68. The van der Waals surface area contributed by atoms with Crippen LogP contribution in [0.5, 0.6) is 0 Å². The largest absolute Gasteiger partial charge is 0.262 e. The average molecular weight is 112 g/mol. The lowest BCUT2D eigenvalue weighted by atomic mass is 10.8. The van der Waals surface area contributed by atoms with E-state index in [2.05, 4.69) is 9.39 Å². The standard InChI is InChI=1S/C4H4N2S/c1-2-6-7-4-3-5-1/h1-4H. The monoisotopic (exact) mass is 112 g/mol. The number of aliphatic imine (C=N–C) groups is 1. The van der Waals surface area contributed by atoms with Gasteiger partial charge in [0.15, 0.2) is 0 Å². The summed E-state index contributed by atoms with van der Waals surface area (Å²) in [6.45, 7) is 0. The van der Waals surface area contributed by atoms with Gasteiger partial charge in [-0.2, -0.15) is 0 Å². The van der Waals surface area contributed by atoms with Crippen LogP contribution in [0, 0.1) is 0 Å². The third-order valence-corrected chi connectivity index (χ3v) is 0.969. The first-order chi connectivity index (χ1) is 3.50. The first-order valence-corrected chi connectivity index (χ1v) is 2.70. The molecule has 0 unspecified atom stereocenters. The molecule has 0 spiro atoms. The number of rotatable bonds is 0. The molecular weight excluding hydrogens is 108 g/mol. The fourth-order valence-corrected chi connectivity index (χ4v) is 0.568. The highest BCUT2D eigenvalue weighted by molar-refractivity contribution is 8.01. The van der Waals surface area contributed by atoms with Crippen LogP contribution in [0.2, 0.25) is 0 Å². The molecule has 0 radical (unpaired) electrons. The van der Waals surface area contributed by atoms with Crippen molar-refractivity contribution in [1.29, 1.82) is 0 Å². The maximum atomic E-state index is 3.83. The Morgan fingerprint density at radius 3 is 3.29 bits per heavy atom. The molecule has 0 aliphatic carbocycles. The third kappa shape index (κ3) is 1.55. The zero-order valence-electron chi connectivity index (χ0n) is 3.61. The Morgan fingerprint density at radius 1 is 1.29 bits per heavy atom. The molecule has 0 fully saturated rings. The van der Waals surface area contributed by atoms with Crippen molar-refractivity contribution in [1.82, 2.24) is 0 Å².